The van der Waals surface area contributed by atoms with Gasteiger partial charge in [0.1, 0.15) is 5.76 Å². The Labute approximate surface area is 140 Å². The third kappa shape index (κ3) is 3.71. The van der Waals surface area contributed by atoms with Crippen molar-refractivity contribution in [3.05, 3.63) is 71.2 Å². The lowest BCUT2D eigenvalue weighted by atomic mass is 10.1. The van der Waals surface area contributed by atoms with E-state index < -0.39 is 0 Å². The highest BCUT2D eigenvalue weighted by molar-refractivity contribution is 5.79. The zero-order valence-corrected chi connectivity index (χ0v) is 13.8. The van der Waals surface area contributed by atoms with Crippen LogP contribution in [0.5, 0.6) is 0 Å². The van der Waals surface area contributed by atoms with Gasteiger partial charge in [-0.2, -0.15) is 5.10 Å². The Morgan fingerprint density at radius 3 is 2.71 bits per heavy atom. The van der Waals surface area contributed by atoms with Crippen LogP contribution in [0.1, 0.15) is 28.4 Å². The highest BCUT2D eigenvalue weighted by Gasteiger charge is 2.19. The number of carbonyl (C=O) groups excluding carboxylic acids is 1. The third-order valence-corrected chi connectivity index (χ3v) is 3.97. The van der Waals surface area contributed by atoms with Gasteiger partial charge in [-0.3, -0.25) is 14.9 Å². The number of hydrogen-bond donors (Lipinski definition) is 1. The molecule has 1 N–H and O–H groups in total. The van der Waals surface area contributed by atoms with Gasteiger partial charge in [-0.25, -0.2) is 0 Å². The van der Waals surface area contributed by atoms with Crippen LogP contribution in [0.3, 0.4) is 0 Å². The Bertz CT molecular complexity index is 774. The van der Waals surface area contributed by atoms with Crippen LogP contribution < -0.4 is 0 Å². The fourth-order valence-corrected chi connectivity index (χ4v) is 2.61. The minimum atomic E-state index is 0.0182. The largest absolute Gasteiger partial charge is 0.467 e. The molecular weight excluding hydrogens is 304 g/mol. The van der Waals surface area contributed by atoms with Crippen LogP contribution in [-0.2, 0) is 24.3 Å². The fraction of sp³-hybridized carbons (Fsp3) is 0.278. The second-order valence-corrected chi connectivity index (χ2v) is 5.74. The van der Waals surface area contributed by atoms with E-state index in [9.17, 15) is 4.79 Å². The molecule has 3 rings (SSSR count). The summed E-state index contributed by atoms with van der Waals surface area (Å²) < 4.78 is 5.40. The summed E-state index contributed by atoms with van der Waals surface area (Å²) in [5.74, 6) is 0.768. The minimum absolute atomic E-state index is 0.0182. The number of nitrogens with zero attached hydrogens (tertiary/aromatic N) is 3. The van der Waals surface area contributed by atoms with Gasteiger partial charge in [-0.1, -0.05) is 6.07 Å². The van der Waals surface area contributed by atoms with Crippen molar-refractivity contribution in [3.8, 4) is 0 Å². The van der Waals surface area contributed by atoms with Crippen LogP contribution >= 0.6 is 0 Å². The number of hydrogen-bond acceptors (Lipinski definition) is 4. The molecule has 0 aliphatic heterocycles. The van der Waals surface area contributed by atoms with E-state index in [1.54, 1.807) is 17.4 Å². The average Bonchev–Trinajstić information content (AvgIpc) is 3.20. The van der Waals surface area contributed by atoms with E-state index >= 15 is 0 Å². The van der Waals surface area contributed by atoms with Crippen molar-refractivity contribution in [2.75, 3.05) is 0 Å². The summed E-state index contributed by atoms with van der Waals surface area (Å²) in [6.07, 6.45) is 3.65. The fourth-order valence-electron chi connectivity index (χ4n) is 2.61. The van der Waals surface area contributed by atoms with Gasteiger partial charge in [0.15, 0.2) is 0 Å². The molecule has 0 radical (unpaired) electrons. The molecule has 0 aliphatic rings. The first-order valence-corrected chi connectivity index (χ1v) is 7.84. The van der Waals surface area contributed by atoms with Gasteiger partial charge in [-0.15, -0.1) is 0 Å². The Morgan fingerprint density at radius 2 is 2.08 bits per heavy atom. The van der Waals surface area contributed by atoms with Gasteiger partial charge in [0, 0.05) is 17.5 Å². The van der Waals surface area contributed by atoms with Crippen molar-refractivity contribution in [2.24, 2.45) is 0 Å². The van der Waals surface area contributed by atoms with Crippen molar-refractivity contribution in [1.82, 2.24) is 20.1 Å². The van der Waals surface area contributed by atoms with Gasteiger partial charge < -0.3 is 9.32 Å². The van der Waals surface area contributed by atoms with Gasteiger partial charge in [0.05, 0.1) is 37.2 Å². The molecule has 124 valence electrons. The summed E-state index contributed by atoms with van der Waals surface area (Å²) in [5, 5.41) is 7.09. The zero-order valence-electron chi connectivity index (χ0n) is 13.8. The van der Waals surface area contributed by atoms with E-state index in [2.05, 4.69) is 15.2 Å². The van der Waals surface area contributed by atoms with Crippen LogP contribution in [-0.4, -0.2) is 26.0 Å². The SMILES string of the molecule is Cc1n[nH]c(C)c1CC(=O)N(Cc1ccccn1)Cc1ccco1. The predicted octanol–water partition coefficient (Wildman–Crippen LogP) is 2.79. The van der Waals surface area contributed by atoms with E-state index in [4.69, 9.17) is 4.42 Å². The van der Waals surface area contributed by atoms with Crippen LogP contribution in [0, 0.1) is 13.8 Å². The van der Waals surface area contributed by atoms with Crippen molar-refractivity contribution in [3.63, 3.8) is 0 Å². The lowest BCUT2D eigenvalue weighted by Gasteiger charge is -2.21. The molecule has 0 atom stereocenters. The summed E-state index contributed by atoms with van der Waals surface area (Å²) in [6.45, 7) is 4.69. The Kier molecular flexibility index (Phi) is 4.74. The maximum Gasteiger partial charge on any atom is 0.227 e. The number of rotatable bonds is 6. The summed E-state index contributed by atoms with van der Waals surface area (Å²) in [4.78, 5) is 18.9. The van der Waals surface area contributed by atoms with E-state index in [0.717, 1.165) is 28.4 Å². The number of pyridine rings is 1. The normalized spacial score (nSPS) is 10.8. The van der Waals surface area contributed by atoms with Crippen LogP contribution in [0.15, 0.2) is 47.2 Å². The Morgan fingerprint density at radius 1 is 1.21 bits per heavy atom. The van der Waals surface area contributed by atoms with Crippen LogP contribution in [0.4, 0.5) is 0 Å². The molecule has 6 heteroatoms. The number of carbonyl (C=O) groups is 1. The van der Waals surface area contributed by atoms with Crippen molar-refractivity contribution in [2.45, 2.75) is 33.4 Å². The predicted molar refractivity (Wildman–Crippen MR) is 89.0 cm³/mol. The molecule has 1 amide bonds. The molecule has 3 heterocycles. The number of aromatic amines is 1. The lowest BCUT2D eigenvalue weighted by Crippen LogP contribution is -2.31. The first kappa shape index (κ1) is 16.0. The smallest absolute Gasteiger partial charge is 0.227 e. The van der Waals surface area contributed by atoms with E-state index in [1.165, 1.54) is 0 Å². The molecule has 3 aromatic heterocycles. The number of furan rings is 1. The van der Waals surface area contributed by atoms with Crippen molar-refractivity contribution < 1.29 is 9.21 Å². The third-order valence-electron chi connectivity index (χ3n) is 3.97. The van der Waals surface area contributed by atoms with Crippen LogP contribution in [0.2, 0.25) is 0 Å². The standard InChI is InChI=1S/C18H20N4O2/c1-13-17(14(2)21-20-13)10-18(23)22(12-16-7-5-9-24-16)11-15-6-3-4-8-19-15/h3-9H,10-12H2,1-2H3,(H,20,21). The Hall–Kier alpha value is -2.89. The highest BCUT2D eigenvalue weighted by Crippen LogP contribution is 2.15. The summed E-state index contributed by atoms with van der Waals surface area (Å²) >= 11 is 0. The lowest BCUT2D eigenvalue weighted by molar-refractivity contribution is -0.132. The summed E-state index contributed by atoms with van der Waals surface area (Å²) in [7, 11) is 0. The minimum Gasteiger partial charge on any atom is -0.467 e. The first-order valence-electron chi connectivity index (χ1n) is 7.84. The molecular formula is C18H20N4O2. The van der Waals surface area contributed by atoms with Gasteiger partial charge >= 0.3 is 0 Å². The maximum atomic E-state index is 12.9. The van der Waals surface area contributed by atoms with Crippen molar-refractivity contribution >= 4 is 5.91 Å². The number of amides is 1. The second-order valence-electron chi connectivity index (χ2n) is 5.74. The summed E-state index contributed by atoms with van der Waals surface area (Å²) in [5.41, 5.74) is 3.58. The molecule has 0 aromatic carbocycles. The molecule has 0 spiro atoms. The number of nitrogens with one attached hydrogen (secondary N) is 1. The van der Waals surface area contributed by atoms with E-state index in [1.807, 2.05) is 44.2 Å². The first-order chi connectivity index (χ1) is 11.6. The zero-order chi connectivity index (χ0) is 16.9. The number of H-pyrrole nitrogens is 1. The maximum absolute atomic E-state index is 12.9. The average molecular weight is 324 g/mol. The quantitative estimate of drug-likeness (QED) is 0.756. The topological polar surface area (TPSA) is 75.0 Å². The molecule has 0 aliphatic carbocycles. The molecule has 0 saturated heterocycles. The molecule has 6 nitrogen and oxygen atoms in total. The molecule has 3 aromatic rings. The van der Waals surface area contributed by atoms with Crippen molar-refractivity contribution in [1.29, 1.82) is 0 Å². The molecule has 0 saturated carbocycles. The molecule has 0 bridgehead atoms. The summed E-state index contributed by atoms with van der Waals surface area (Å²) in [6, 6.07) is 9.38. The van der Waals surface area contributed by atoms with E-state index in [-0.39, 0.29) is 5.91 Å². The highest BCUT2D eigenvalue weighted by atomic mass is 16.3. The van der Waals surface area contributed by atoms with Gasteiger partial charge in [0.2, 0.25) is 5.91 Å². The van der Waals surface area contributed by atoms with Gasteiger partial charge in [0.25, 0.3) is 0 Å². The molecule has 0 unspecified atom stereocenters. The number of aryl methyl sites for hydroxylation is 2. The van der Waals surface area contributed by atoms with Gasteiger partial charge in [-0.05, 0) is 38.1 Å². The second kappa shape index (κ2) is 7.12. The van der Waals surface area contributed by atoms with Crippen LogP contribution in [0.25, 0.3) is 0 Å². The Balaban J connectivity index is 1.79. The molecule has 24 heavy (non-hydrogen) atoms. The number of aromatic nitrogens is 3. The molecule has 0 fully saturated rings. The monoisotopic (exact) mass is 324 g/mol. The van der Waals surface area contributed by atoms with E-state index in [0.29, 0.717) is 19.5 Å².